The van der Waals surface area contributed by atoms with E-state index in [9.17, 15) is 14.9 Å². The van der Waals surface area contributed by atoms with E-state index in [-0.39, 0.29) is 22.7 Å². The summed E-state index contributed by atoms with van der Waals surface area (Å²) in [6, 6.07) is 0. The van der Waals surface area contributed by atoms with Crippen LogP contribution in [0.5, 0.6) is 0 Å². The van der Waals surface area contributed by atoms with Gasteiger partial charge in [-0.05, 0) is 39.6 Å². The minimum Gasteiger partial charge on any atom is -0.358 e. The number of amides is 1. The number of carbonyl (C=O) groups is 1. The maximum Gasteiger partial charge on any atom is 0.404 e. The number of hydrogen-bond acceptors (Lipinski definition) is 4. The summed E-state index contributed by atoms with van der Waals surface area (Å²) in [4.78, 5) is 24.0. The van der Waals surface area contributed by atoms with E-state index in [1.807, 2.05) is 0 Å². The largest absolute Gasteiger partial charge is 0.404 e. The highest BCUT2D eigenvalue weighted by Gasteiger charge is 2.24. The molecule has 2 rings (SSSR count). The number of piperidine rings is 1. The molecule has 104 valence electrons. The predicted molar refractivity (Wildman–Crippen MR) is 71.6 cm³/mol. The molecule has 7 nitrogen and oxygen atoms in total. The number of rotatable bonds is 3. The number of halogens is 1. The van der Waals surface area contributed by atoms with Gasteiger partial charge in [0.1, 0.15) is 11.0 Å². The average molecular weight is 331 g/mol. The molecule has 0 saturated carbocycles. The summed E-state index contributed by atoms with van der Waals surface area (Å²) in [5.41, 5.74) is 0. The van der Waals surface area contributed by atoms with Gasteiger partial charge in [0.15, 0.2) is 0 Å². The van der Waals surface area contributed by atoms with Crippen LogP contribution in [0.25, 0.3) is 0 Å². The topological polar surface area (TPSA) is 81.3 Å². The molecule has 0 radical (unpaired) electrons. The van der Waals surface area contributed by atoms with E-state index in [0.717, 1.165) is 25.9 Å². The minimum absolute atomic E-state index is 0.0408. The molecule has 2 heterocycles. The van der Waals surface area contributed by atoms with Crippen molar-refractivity contribution < 1.29 is 9.72 Å². The third-order valence-corrected chi connectivity index (χ3v) is 3.74. The van der Waals surface area contributed by atoms with E-state index < -0.39 is 4.92 Å². The summed E-state index contributed by atoms with van der Waals surface area (Å²) in [5, 5.41) is 14.5. The SMILES string of the molecule is C[C@H]1CCCN(C(=O)Cn2cc(Br)c([N+](=O)[O-])n2)C1. The van der Waals surface area contributed by atoms with E-state index in [2.05, 4.69) is 28.0 Å². The first-order chi connectivity index (χ1) is 8.97. The van der Waals surface area contributed by atoms with Crippen molar-refractivity contribution >= 4 is 27.7 Å². The normalized spacial score (nSPS) is 19.5. The summed E-state index contributed by atoms with van der Waals surface area (Å²) >= 11 is 3.06. The molecule has 0 unspecified atom stereocenters. The van der Waals surface area contributed by atoms with Crippen LogP contribution in [-0.2, 0) is 11.3 Å². The second kappa shape index (κ2) is 5.68. The van der Waals surface area contributed by atoms with E-state index in [4.69, 9.17) is 0 Å². The first kappa shape index (κ1) is 14.0. The summed E-state index contributed by atoms with van der Waals surface area (Å²) in [5.74, 6) is 0.202. The third kappa shape index (κ3) is 3.31. The van der Waals surface area contributed by atoms with Crippen molar-refractivity contribution in [2.45, 2.75) is 26.3 Å². The average Bonchev–Trinajstić information content (AvgIpc) is 2.70. The van der Waals surface area contributed by atoms with E-state index in [0.29, 0.717) is 5.92 Å². The van der Waals surface area contributed by atoms with Crippen LogP contribution in [-0.4, -0.2) is 38.6 Å². The molecule has 1 aromatic heterocycles. The summed E-state index contributed by atoms with van der Waals surface area (Å²) < 4.78 is 1.60. The molecule has 1 fully saturated rings. The molecule has 1 amide bonds. The lowest BCUT2D eigenvalue weighted by Gasteiger charge is -2.30. The van der Waals surface area contributed by atoms with Gasteiger partial charge in [0.05, 0.1) is 11.3 Å². The highest BCUT2D eigenvalue weighted by atomic mass is 79.9. The van der Waals surface area contributed by atoms with Gasteiger partial charge in [0, 0.05) is 13.1 Å². The van der Waals surface area contributed by atoms with E-state index in [1.54, 1.807) is 4.90 Å². The Hall–Kier alpha value is -1.44. The lowest BCUT2D eigenvalue weighted by atomic mass is 10.0. The molecular formula is C11H15BrN4O3. The Kier molecular flexibility index (Phi) is 4.18. The Balaban J connectivity index is 2.02. The van der Waals surface area contributed by atoms with Crippen LogP contribution in [0.15, 0.2) is 10.7 Å². The van der Waals surface area contributed by atoms with Crippen molar-refractivity contribution in [1.29, 1.82) is 0 Å². The molecule has 0 aromatic carbocycles. The number of carbonyl (C=O) groups excluding carboxylic acids is 1. The Bertz CT molecular complexity index is 502. The molecule has 8 heteroatoms. The molecular weight excluding hydrogens is 316 g/mol. The van der Waals surface area contributed by atoms with Gasteiger partial charge in [-0.1, -0.05) is 6.92 Å². The van der Waals surface area contributed by atoms with E-state index >= 15 is 0 Å². The lowest BCUT2D eigenvalue weighted by molar-refractivity contribution is -0.390. The van der Waals surface area contributed by atoms with Crippen LogP contribution in [0.4, 0.5) is 5.82 Å². The van der Waals surface area contributed by atoms with Gasteiger partial charge in [-0.3, -0.25) is 4.79 Å². The number of nitrogens with zero attached hydrogens (tertiary/aromatic N) is 4. The van der Waals surface area contributed by atoms with Crippen LogP contribution in [0.1, 0.15) is 19.8 Å². The van der Waals surface area contributed by atoms with Crippen molar-refractivity contribution in [2.24, 2.45) is 5.92 Å². The quantitative estimate of drug-likeness (QED) is 0.625. The third-order valence-electron chi connectivity index (χ3n) is 3.18. The second-order valence-electron chi connectivity index (χ2n) is 4.84. The Labute approximate surface area is 118 Å². The lowest BCUT2D eigenvalue weighted by Crippen LogP contribution is -2.40. The zero-order chi connectivity index (χ0) is 14.0. The molecule has 0 aliphatic carbocycles. The molecule has 1 aliphatic heterocycles. The first-order valence-electron chi connectivity index (χ1n) is 6.12. The van der Waals surface area contributed by atoms with E-state index in [1.165, 1.54) is 10.9 Å². The molecule has 1 atom stereocenters. The second-order valence-corrected chi connectivity index (χ2v) is 5.70. The zero-order valence-corrected chi connectivity index (χ0v) is 12.2. The smallest absolute Gasteiger partial charge is 0.358 e. The zero-order valence-electron chi connectivity index (χ0n) is 10.6. The van der Waals surface area contributed by atoms with Gasteiger partial charge in [-0.15, -0.1) is 0 Å². The number of aromatic nitrogens is 2. The van der Waals surface area contributed by atoms with Gasteiger partial charge >= 0.3 is 5.82 Å². The highest BCUT2D eigenvalue weighted by molar-refractivity contribution is 9.10. The van der Waals surface area contributed by atoms with Crippen molar-refractivity contribution in [3.63, 3.8) is 0 Å². The van der Waals surface area contributed by atoms with Gasteiger partial charge in [-0.2, -0.15) is 4.68 Å². The number of likely N-dealkylation sites (tertiary alicyclic amines) is 1. The molecule has 0 bridgehead atoms. The van der Waals surface area contributed by atoms with Crippen molar-refractivity contribution in [1.82, 2.24) is 14.7 Å². The van der Waals surface area contributed by atoms with Crippen molar-refractivity contribution in [2.75, 3.05) is 13.1 Å². The van der Waals surface area contributed by atoms with Crippen LogP contribution in [0.2, 0.25) is 0 Å². The van der Waals surface area contributed by atoms with Gasteiger partial charge in [0.2, 0.25) is 5.91 Å². The van der Waals surface area contributed by atoms with Gasteiger partial charge < -0.3 is 15.0 Å². The standard InChI is InChI=1S/C11H15BrN4O3/c1-8-3-2-4-14(5-8)10(17)7-15-6-9(12)11(13-15)16(18)19/h6,8H,2-5,7H2,1H3/t8-/m0/s1. The highest BCUT2D eigenvalue weighted by Crippen LogP contribution is 2.22. The van der Waals surface area contributed by atoms with Crippen LogP contribution in [0.3, 0.4) is 0 Å². The Morgan fingerprint density at radius 1 is 1.68 bits per heavy atom. The minimum atomic E-state index is -0.575. The fraction of sp³-hybridized carbons (Fsp3) is 0.636. The molecule has 1 saturated heterocycles. The summed E-state index contributed by atoms with van der Waals surface area (Å²) in [6.45, 7) is 3.67. The Morgan fingerprint density at radius 2 is 2.42 bits per heavy atom. The molecule has 1 aromatic rings. The Morgan fingerprint density at radius 3 is 3.00 bits per heavy atom. The number of nitro groups is 1. The predicted octanol–water partition coefficient (Wildman–Crippen LogP) is 1.81. The molecule has 19 heavy (non-hydrogen) atoms. The van der Waals surface area contributed by atoms with Crippen molar-refractivity contribution in [3.05, 3.63) is 20.8 Å². The van der Waals surface area contributed by atoms with Crippen LogP contribution < -0.4 is 0 Å². The number of hydrogen-bond donors (Lipinski definition) is 0. The molecule has 0 N–H and O–H groups in total. The summed E-state index contributed by atoms with van der Waals surface area (Å²) in [7, 11) is 0. The van der Waals surface area contributed by atoms with Crippen molar-refractivity contribution in [3.8, 4) is 0 Å². The fourth-order valence-electron chi connectivity index (χ4n) is 2.25. The monoisotopic (exact) mass is 330 g/mol. The summed E-state index contributed by atoms with van der Waals surface area (Å²) in [6.07, 6.45) is 3.61. The fourth-order valence-corrected chi connectivity index (χ4v) is 2.71. The van der Waals surface area contributed by atoms with Crippen LogP contribution >= 0.6 is 15.9 Å². The van der Waals surface area contributed by atoms with Gasteiger partial charge in [-0.25, -0.2) is 0 Å². The molecule has 1 aliphatic rings. The molecule has 0 spiro atoms. The first-order valence-corrected chi connectivity index (χ1v) is 6.92. The maximum absolute atomic E-state index is 12.1. The maximum atomic E-state index is 12.1. The van der Waals surface area contributed by atoms with Crippen LogP contribution in [0, 0.1) is 16.0 Å². The van der Waals surface area contributed by atoms with Gasteiger partial charge in [0.25, 0.3) is 0 Å².